The lowest BCUT2D eigenvalue weighted by Crippen LogP contribution is -2.48. The molecule has 0 aliphatic carbocycles. The Kier molecular flexibility index (Phi) is 5.73. The monoisotopic (exact) mass is 479 g/mol. The Hall–Kier alpha value is -3.46. The van der Waals surface area contributed by atoms with Crippen molar-refractivity contribution in [2.45, 2.75) is 27.3 Å². The standard InChI is InChI=1S/C24H26ClN7O2/c1-24(2,3)14-32-15-26-20(29-32)16-4-6-17(7-5-16)22(33)30-10-12-31(13-11-30)23-28-21-18(34-23)8-9-19(25)27-21/h4-9,15H,10-14H2,1-3H3. The van der Waals surface area contributed by atoms with E-state index in [2.05, 4.69) is 40.8 Å². The minimum Gasteiger partial charge on any atom is -0.422 e. The molecule has 176 valence electrons. The largest absolute Gasteiger partial charge is 0.422 e. The molecule has 0 bridgehead atoms. The van der Waals surface area contributed by atoms with Crippen molar-refractivity contribution >= 4 is 34.8 Å². The van der Waals surface area contributed by atoms with Gasteiger partial charge in [-0.25, -0.2) is 9.97 Å². The molecular formula is C24H26ClN7O2. The van der Waals surface area contributed by atoms with Gasteiger partial charge in [0.2, 0.25) is 5.65 Å². The second kappa shape index (κ2) is 8.72. The molecule has 1 aliphatic rings. The second-order valence-electron chi connectivity index (χ2n) is 9.64. The summed E-state index contributed by atoms with van der Waals surface area (Å²) in [5.74, 6) is 0.661. The van der Waals surface area contributed by atoms with E-state index in [9.17, 15) is 4.79 Å². The van der Waals surface area contributed by atoms with Gasteiger partial charge in [0.25, 0.3) is 11.9 Å². The van der Waals surface area contributed by atoms with Crippen molar-refractivity contribution in [3.63, 3.8) is 0 Å². The van der Waals surface area contributed by atoms with E-state index in [-0.39, 0.29) is 11.3 Å². The molecule has 1 amide bonds. The first kappa shape index (κ1) is 22.3. The number of hydrogen-bond acceptors (Lipinski definition) is 7. The highest BCUT2D eigenvalue weighted by Gasteiger charge is 2.25. The number of fused-ring (bicyclic) bond motifs is 1. The van der Waals surface area contributed by atoms with Crippen LogP contribution in [-0.4, -0.2) is 61.7 Å². The zero-order valence-corrected chi connectivity index (χ0v) is 20.2. The highest BCUT2D eigenvalue weighted by atomic mass is 35.5. The van der Waals surface area contributed by atoms with Gasteiger partial charge in [0.15, 0.2) is 11.4 Å². The minimum absolute atomic E-state index is 0.00318. The maximum atomic E-state index is 13.0. The predicted octanol–water partition coefficient (Wildman–Crippen LogP) is 4.14. The molecule has 1 saturated heterocycles. The number of rotatable bonds is 4. The number of amides is 1. The number of piperazine rings is 1. The molecule has 4 heterocycles. The summed E-state index contributed by atoms with van der Waals surface area (Å²) in [6, 6.07) is 11.4. The van der Waals surface area contributed by atoms with Gasteiger partial charge >= 0.3 is 0 Å². The third kappa shape index (κ3) is 4.75. The van der Waals surface area contributed by atoms with Gasteiger partial charge in [0.05, 0.1) is 0 Å². The number of halogens is 1. The molecule has 0 unspecified atom stereocenters. The molecule has 0 radical (unpaired) electrons. The Morgan fingerprint density at radius 2 is 1.76 bits per heavy atom. The first-order chi connectivity index (χ1) is 16.2. The number of nitrogens with zero attached hydrogens (tertiary/aromatic N) is 7. The van der Waals surface area contributed by atoms with Crippen LogP contribution in [-0.2, 0) is 6.54 Å². The molecule has 5 rings (SSSR count). The third-order valence-electron chi connectivity index (χ3n) is 5.61. The molecule has 1 aliphatic heterocycles. The lowest BCUT2D eigenvalue weighted by Gasteiger charge is -2.33. The van der Waals surface area contributed by atoms with Gasteiger partial charge in [0.1, 0.15) is 11.5 Å². The third-order valence-corrected chi connectivity index (χ3v) is 5.82. The summed E-state index contributed by atoms with van der Waals surface area (Å²) in [7, 11) is 0. The van der Waals surface area contributed by atoms with Crippen LogP contribution in [0.5, 0.6) is 0 Å². The van der Waals surface area contributed by atoms with Gasteiger partial charge in [-0.2, -0.15) is 10.1 Å². The van der Waals surface area contributed by atoms with Gasteiger partial charge in [-0.3, -0.25) is 9.48 Å². The molecule has 1 fully saturated rings. The maximum absolute atomic E-state index is 13.0. The maximum Gasteiger partial charge on any atom is 0.300 e. The summed E-state index contributed by atoms with van der Waals surface area (Å²) in [6.07, 6.45) is 1.75. The van der Waals surface area contributed by atoms with E-state index in [1.54, 1.807) is 18.5 Å². The summed E-state index contributed by atoms with van der Waals surface area (Å²) in [4.78, 5) is 29.9. The van der Waals surface area contributed by atoms with Gasteiger partial charge in [0, 0.05) is 43.9 Å². The fourth-order valence-electron chi connectivity index (χ4n) is 3.95. The topological polar surface area (TPSA) is 93.2 Å². The number of pyridine rings is 1. The molecule has 0 atom stereocenters. The van der Waals surface area contributed by atoms with Gasteiger partial charge in [-0.1, -0.05) is 44.5 Å². The van der Waals surface area contributed by atoms with Crippen LogP contribution in [0.4, 0.5) is 6.01 Å². The predicted molar refractivity (Wildman–Crippen MR) is 130 cm³/mol. The van der Waals surface area contributed by atoms with E-state index < -0.39 is 0 Å². The number of carbonyl (C=O) groups is 1. The van der Waals surface area contributed by atoms with Crippen molar-refractivity contribution in [3.05, 3.63) is 53.4 Å². The van der Waals surface area contributed by atoms with Crippen molar-refractivity contribution in [1.82, 2.24) is 29.6 Å². The van der Waals surface area contributed by atoms with E-state index in [0.29, 0.717) is 60.0 Å². The Labute approximate surface area is 202 Å². The summed E-state index contributed by atoms with van der Waals surface area (Å²) in [5.41, 5.74) is 2.73. The van der Waals surface area contributed by atoms with Gasteiger partial charge in [-0.05, 0) is 29.7 Å². The normalized spacial score (nSPS) is 14.7. The average Bonchev–Trinajstić information content (AvgIpc) is 3.44. The van der Waals surface area contributed by atoms with Crippen LogP contribution in [0.3, 0.4) is 0 Å². The quantitative estimate of drug-likeness (QED) is 0.406. The highest BCUT2D eigenvalue weighted by Crippen LogP contribution is 2.24. The van der Waals surface area contributed by atoms with Crippen molar-refractivity contribution in [3.8, 4) is 11.4 Å². The lowest BCUT2D eigenvalue weighted by atomic mass is 9.97. The van der Waals surface area contributed by atoms with Crippen molar-refractivity contribution in [2.75, 3.05) is 31.1 Å². The SMILES string of the molecule is CC(C)(C)Cn1cnc(-c2ccc(C(=O)N3CCN(c4nc5nc(Cl)ccc5o4)CC3)cc2)n1. The van der Waals surface area contributed by atoms with E-state index in [4.69, 9.17) is 16.0 Å². The summed E-state index contributed by atoms with van der Waals surface area (Å²) in [6.45, 7) is 9.67. The molecule has 4 aromatic rings. The Bertz CT molecular complexity index is 1320. The number of carbonyl (C=O) groups excluding carboxylic acids is 1. The summed E-state index contributed by atoms with van der Waals surface area (Å²) in [5, 5.41) is 4.94. The van der Waals surface area contributed by atoms with Crippen molar-refractivity contribution in [1.29, 1.82) is 0 Å². The number of anilines is 1. The first-order valence-corrected chi connectivity index (χ1v) is 11.6. The lowest BCUT2D eigenvalue weighted by molar-refractivity contribution is 0.0745. The van der Waals surface area contributed by atoms with Crippen LogP contribution in [0.1, 0.15) is 31.1 Å². The van der Waals surface area contributed by atoms with E-state index in [0.717, 1.165) is 12.1 Å². The van der Waals surface area contributed by atoms with E-state index in [1.807, 2.05) is 38.7 Å². The summed E-state index contributed by atoms with van der Waals surface area (Å²) >= 11 is 5.94. The average molecular weight is 480 g/mol. The molecule has 0 N–H and O–H groups in total. The number of hydrogen-bond donors (Lipinski definition) is 0. The van der Waals surface area contributed by atoms with Crippen LogP contribution in [0, 0.1) is 5.41 Å². The van der Waals surface area contributed by atoms with Crippen LogP contribution >= 0.6 is 11.6 Å². The Morgan fingerprint density at radius 1 is 1.03 bits per heavy atom. The number of aromatic nitrogens is 5. The van der Waals surface area contributed by atoms with Crippen LogP contribution in [0.2, 0.25) is 5.15 Å². The smallest absolute Gasteiger partial charge is 0.300 e. The minimum atomic E-state index is 0.00318. The van der Waals surface area contributed by atoms with E-state index >= 15 is 0 Å². The zero-order chi connectivity index (χ0) is 23.9. The van der Waals surface area contributed by atoms with Gasteiger partial charge in [-0.15, -0.1) is 0 Å². The molecule has 0 saturated carbocycles. The molecular weight excluding hydrogens is 454 g/mol. The molecule has 10 heteroatoms. The fourth-order valence-corrected chi connectivity index (χ4v) is 4.10. The Morgan fingerprint density at radius 3 is 2.47 bits per heavy atom. The molecule has 34 heavy (non-hydrogen) atoms. The molecule has 9 nitrogen and oxygen atoms in total. The second-order valence-corrected chi connectivity index (χ2v) is 10.0. The van der Waals surface area contributed by atoms with Crippen molar-refractivity contribution in [2.24, 2.45) is 5.41 Å². The van der Waals surface area contributed by atoms with Gasteiger partial charge < -0.3 is 14.2 Å². The molecule has 0 spiro atoms. The summed E-state index contributed by atoms with van der Waals surface area (Å²) < 4.78 is 7.66. The molecule has 1 aromatic carbocycles. The number of oxazole rings is 1. The van der Waals surface area contributed by atoms with Crippen molar-refractivity contribution < 1.29 is 9.21 Å². The van der Waals surface area contributed by atoms with E-state index in [1.165, 1.54) is 0 Å². The first-order valence-electron chi connectivity index (χ1n) is 11.2. The number of benzene rings is 1. The highest BCUT2D eigenvalue weighted by molar-refractivity contribution is 6.29. The van der Waals surface area contributed by atoms with Crippen LogP contribution in [0.15, 0.2) is 47.1 Å². The Balaban J connectivity index is 1.21. The zero-order valence-electron chi connectivity index (χ0n) is 19.4. The fraction of sp³-hybridized carbons (Fsp3) is 0.375. The molecule has 3 aromatic heterocycles. The van der Waals surface area contributed by atoms with Crippen LogP contribution in [0.25, 0.3) is 22.6 Å². The van der Waals surface area contributed by atoms with Crippen LogP contribution < -0.4 is 4.90 Å².